The molecular weight excluding hydrogens is 382 g/mol. The van der Waals surface area contributed by atoms with Gasteiger partial charge in [-0.05, 0) is 6.42 Å². The van der Waals surface area contributed by atoms with Crippen LogP contribution in [0.4, 0.5) is 0 Å². The standard InChI is InChI=1S/C28H41NO2/c1-2-3-4-5-6-7-8-9-10-11-12-13-15-21-26(28(30)31)25-20-16-17-22-27(25)29-23-18-14-19-24-29/h14,16-20,22-24,26H,2-13,15,21H2,1H3/p+1. The summed E-state index contributed by atoms with van der Waals surface area (Å²) in [7, 11) is 0. The second-order valence-electron chi connectivity index (χ2n) is 8.76. The number of carbonyl (C=O) groups is 1. The predicted octanol–water partition coefficient (Wildman–Crippen LogP) is 7.61. The van der Waals surface area contributed by atoms with Crippen molar-refractivity contribution in [2.24, 2.45) is 0 Å². The number of unbranched alkanes of at least 4 members (excludes halogenated alkanes) is 12. The van der Waals surface area contributed by atoms with E-state index in [0.29, 0.717) is 6.42 Å². The molecule has 1 atom stereocenters. The van der Waals surface area contributed by atoms with Gasteiger partial charge < -0.3 is 5.11 Å². The highest BCUT2D eigenvalue weighted by Crippen LogP contribution is 2.26. The Balaban J connectivity index is 1.67. The maximum absolute atomic E-state index is 12.0. The van der Waals surface area contributed by atoms with Crippen molar-refractivity contribution in [3.63, 3.8) is 0 Å². The number of pyridine rings is 1. The van der Waals surface area contributed by atoms with Crippen molar-refractivity contribution in [3.05, 3.63) is 60.4 Å². The molecule has 2 aromatic rings. The fourth-order valence-corrected chi connectivity index (χ4v) is 4.35. The van der Waals surface area contributed by atoms with Crippen LogP contribution in [0, 0.1) is 0 Å². The highest BCUT2D eigenvalue weighted by Gasteiger charge is 2.25. The zero-order valence-electron chi connectivity index (χ0n) is 19.5. The van der Waals surface area contributed by atoms with E-state index < -0.39 is 11.9 Å². The molecule has 170 valence electrons. The molecule has 1 unspecified atom stereocenters. The van der Waals surface area contributed by atoms with E-state index in [4.69, 9.17) is 0 Å². The number of rotatable bonds is 17. The lowest BCUT2D eigenvalue weighted by Gasteiger charge is -2.14. The van der Waals surface area contributed by atoms with Crippen molar-refractivity contribution in [1.82, 2.24) is 0 Å². The first-order chi connectivity index (χ1) is 15.2. The average molecular weight is 425 g/mol. The van der Waals surface area contributed by atoms with Crippen molar-refractivity contribution in [3.8, 4) is 5.69 Å². The molecule has 3 nitrogen and oxygen atoms in total. The lowest BCUT2D eigenvalue weighted by Crippen LogP contribution is -2.32. The van der Waals surface area contributed by atoms with E-state index in [9.17, 15) is 9.90 Å². The molecule has 0 spiro atoms. The molecule has 1 heterocycles. The van der Waals surface area contributed by atoms with Gasteiger partial charge in [0.25, 0.3) is 0 Å². The quantitative estimate of drug-likeness (QED) is 0.210. The first-order valence-electron chi connectivity index (χ1n) is 12.5. The van der Waals surface area contributed by atoms with Crippen LogP contribution in [0.5, 0.6) is 0 Å². The van der Waals surface area contributed by atoms with Gasteiger partial charge in [0.1, 0.15) is 0 Å². The van der Waals surface area contributed by atoms with Crippen LogP contribution in [0.1, 0.15) is 108 Å². The van der Waals surface area contributed by atoms with Crippen LogP contribution in [-0.2, 0) is 4.79 Å². The zero-order valence-corrected chi connectivity index (χ0v) is 19.5. The summed E-state index contributed by atoms with van der Waals surface area (Å²) >= 11 is 0. The molecule has 1 aromatic heterocycles. The monoisotopic (exact) mass is 424 g/mol. The smallest absolute Gasteiger partial charge is 0.311 e. The van der Waals surface area contributed by atoms with Crippen LogP contribution in [0.15, 0.2) is 54.9 Å². The van der Waals surface area contributed by atoms with Gasteiger partial charge in [0.2, 0.25) is 5.69 Å². The number of aliphatic carboxylic acids is 1. The number of carboxylic acid groups (broad SMARTS) is 1. The van der Waals surface area contributed by atoms with Crippen molar-refractivity contribution in [1.29, 1.82) is 0 Å². The number of carboxylic acids is 1. The number of hydrogen-bond acceptors (Lipinski definition) is 1. The molecule has 0 fully saturated rings. The summed E-state index contributed by atoms with van der Waals surface area (Å²) in [5.74, 6) is -1.17. The Morgan fingerprint density at radius 2 is 1.26 bits per heavy atom. The zero-order chi connectivity index (χ0) is 22.2. The predicted molar refractivity (Wildman–Crippen MR) is 129 cm³/mol. The van der Waals surface area contributed by atoms with Gasteiger partial charge >= 0.3 is 5.97 Å². The number of hydrogen-bond donors (Lipinski definition) is 1. The minimum atomic E-state index is -0.720. The van der Waals surface area contributed by atoms with Crippen LogP contribution in [0.3, 0.4) is 0 Å². The molecule has 0 saturated heterocycles. The minimum absolute atomic E-state index is 0.448. The van der Waals surface area contributed by atoms with E-state index >= 15 is 0 Å². The third-order valence-electron chi connectivity index (χ3n) is 6.20. The molecule has 1 N–H and O–H groups in total. The van der Waals surface area contributed by atoms with E-state index in [0.717, 1.165) is 24.1 Å². The highest BCUT2D eigenvalue weighted by molar-refractivity contribution is 5.77. The molecule has 0 saturated carbocycles. The molecule has 0 bridgehead atoms. The van der Waals surface area contributed by atoms with E-state index in [1.807, 2.05) is 59.4 Å². The maximum Gasteiger partial charge on any atom is 0.311 e. The Hall–Kier alpha value is -2.16. The summed E-state index contributed by atoms with van der Waals surface area (Å²) in [4.78, 5) is 12.0. The largest absolute Gasteiger partial charge is 0.481 e. The van der Waals surface area contributed by atoms with Crippen LogP contribution in [-0.4, -0.2) is 11.1 Å². The molecule has 0 amide bonds. The summed E-state index contributed by atoms with van der Waals surface area (Å²) in [6, 6.07) is 13.8. The molecular formula is C28H42NO2+. The van der Waals surface area contributed by atoms with Gasteiger partial charge in [0.15, 0.2) is 12.4 Å². The Labute approximate surface area is 189 Å². The number of nitrogens with zero attached hydrogens (tertiary/aromatic N) is 1. The Morgan fingerprint density at radius 1 is 0.742 bits per heavy atom. The van der Waals surface area contributed by atoms with Gasteiger partial charge in [0, 0.05) is 23.8 Å². The SMILES string of the molecule is CCCCCCCCCCCCCCCC(C(=O)O)c1ccccc1-[n+]1ccccc1. The van der Waals surface area contributed by atoms with Crippen LogP contribution < -0.4 is 4.57 Å². The highest BCUT2D eigenvalue weighted by atomic mass is 16.4. The topological polar surface area (TPSA) is 41.2 Å². The summed E-state index contributed by atoms with van der Waals surface area (Å²) in [5.41, 5.74) is 1.87. The van der Waals surface area contributed by atoms with Crippen LogP contribution in [0.2, 0.25) is 0 Å². The van der Waals surface area contributed by atoms with E-state index in [2.05, 4.69) is 6.92 Å². The van der Waals surface area contributed by atoms with E-state index in [1.54, 1.807) is 0 Å². The number of aromatic nitrogens is 1. The second-order valence-corrected chi connectivity index (χ2v) is 8.76. The average Bonchev–Trinajstić information content (AvgIpc) is 2.80. The summed E-state index contributed by atoms with van der Waals surface area (Å²) < 4.78 is 2.01. The Morgan fingerprint density at radius 3 is 1.81 bits per heavy atom. The van der Waals surface area contributed by atoms with Gasteiger partial charge in [-0.15, -0.1) is 0 Å². The van der Waals surface area contributed by atoms with Gasteiger partial charge in [-0.2, -0.15) is 4.57 Å². The molecule has 2 rings (SSSR count). The number of benzene rings is 1. The lowest BCUT2D eigenvalue weighted by atomic mass is 9.91. The lowest BCUT2D eigenvalue weighted by molar-refractivity contribution is -0.596. The molecule has 0 radical (unpaired) electrons. The minimum Gasteiger partial charge on any atom is -0.481 e. The van der Waals surface area contributed by atoms with Gasteiger partial charge in [-0.25, -0.2) is 0 Å². The Kier molecular flexibility index (Phi) is 12.6. The summed E-state index contributed by atoms with van der Waals surface area (Å²) in [5, 5.41) is 9.88. The first-order valence-corrected chi connectivity index (χ1v) is 12.5. The molecule has 0 aliphatic heterocycles. The van der Waals surface area contributed by atoms with Gasteiger partial charge in [0.05, 0.1) is 5.92 Å². The maximum atomic E-state index is 12.0. The van der Waals surface area contributed by atoms with E-state index in [-0.39, 0.29) is 0 Å². The van der Waals surface area contributed by atoms with Crippen molar-refractivity contribution in [2.75, 3.05) is 0 Å². The molecule has 0 aliphatic rings. The molecule has 1 aromatic carbocycles. The van der Waals surface area contributed by atoms with Gasteiger partial charge in [-0.1, -0.05) is 115 Å². The van der Waals surface area contributed by atoms with Crippen molar-refractivity contribution >= 4 is 5.97 Å². The van der Waals surface area contributed by atoms with E-state index in [1.165, 1.54) is 70.6 Å². The normalized spacial score (nSPS) is 12.0. The third-order valence-corrected chi connectivity index (χ3v) is 6.20. The fourth-order valence-electron chi connectivity index (χ4n) is 4.35. The molecule has 0 aliphatic carbocycles. The van der Waals surface area contributed by atoms with Crippen LogP contribution in [0.25, 0.3) is 5.69 Å². The molecule has 31 heavy (non-hydrogen) atoms. The second kappa shape index (κ2) is 15.6. The van der Waals surface area contributed by atoms with Crippen LogP contribution >= 0.6 is 0 Å². The summed E-state index contributed by atoms with van der Waals surface area (Å²) in [6.45, 7) is 2.27. The van der Waals surface area contributed by atoms with Crippen molar-refractivity contribution < 1.29 is 14.5 Å². The summed E-state index contributed by atoms with van der Waals surface area (Å²) in [6.07, 6.45) is 21.6. The number of para-hydroxylation sites is 1. The van der Waals surface area contributed by atoms with Gasteiger partial charge in [-0.3, -0.25) is 4.79 Å². The third kappa shape index (κ3) is 9.67. The first kappa shape index (κ1) is 25.1. The fraction of sp³-hybridized carbons (Fsp3) is 0.571. The Bertz CT molecular complexity index is 729. The van der Waals surface area contributed by atoms with Crippen molar-refractivity contribution in [2.45, 2.75) is 103 Å². The molecule has 3 heteroatoms.